The van der Waals surface area contributed by atoms with Crippen molar-refractivity contribution in [3.8, 4) is 0 Å². The number of aromatic amines is 2. The zero-order valence-electron chi connectivity index (χ0n) is 18.8. The highest BCUT2D eigenvalue weighted by Gasteiger charge is 2.31. The van der Waals surface area contributed by atoms with E-state index in [0.29, 0.717) is 11.4 Å². The quantitative estimate of drug-likeness (QED) is 0.151. The lowest BCUT2D eigenvalue weighted by atomic mass is 10.0. The molecule has 2 rings (SSSR count). The predicted octanol–water partition coefficient (Wildman–Crippen LogP) is -1.63. The van der Waals surface area contributed by atoms with E-state index in [1.165, 1.54) is 25.0 Å². The van der Waals surface area contributed by atoms with Crippen molar-refractivity contribution in [2.45, 2.75) is 50.9 Å². The van der Waals surface area contributed by atoms with Crippen molar-refractivity contribution in [3.63, 3.8) is 0 Å². The number of hydrogen-bond acceptors (Lipinski definition) is 8. The molecule has 3 amide bonds. The van der Waals surface area contributed by atoms with E-state index in [4.69, 9.17) is 5.73 Å². The second-order valence-corrected chi connectivity index (χ2v) is 8.40. The van der Waals surface area contributed by atoms with Crippen LogP contribution < -0.4 is 21.7 Å². The van der Waals surface area contributed by atoms with Gasteiger partial charge in [0.15, 0.2) is 0 Å². The van der Waals surface area contributed by atoms with Crippen LogP contribution >= 0.6 is 12.6 Å². The third-order valence-corrected chi connectivity index (χ3v) is 5.41. The van der Waals surface area contributed by atoms with Crippen molar-refractivity contribution in [1.82, 2.24) is 35.9 Å². The number of nitrogens with two attached hydrogens (primary N) is 1. The lowest BCUT2D eigenvalue weighted by Crippen LogP contribution is -2.58. The molecule has 0 saturated heterocycles. The fraction of sp³-hybridized carbons (Fsp3) is 0.500. The molecule has 0 aromatic carbocycles. The van der Waals surface area contributed by atoms with Crippen LogP contribution in [0.4, 0.5) is 0 Å². The van der Waals surface area contributed by atoms with E-state index in [0.717, 1.165) is 0 Å². The molecule has 0 saturated carbocycles. The average Bonchev–Trinajstić information content (AvgIpc) is 3.49. The Kier molecular flexibility index (Phi) is 10.1. The first-order valence-electron chi connectivity index (χ1n) is 10.6. The number of thiol groups is 1. The van der Waals surface area contributed by atoms with Gasteiger partial charge in [-0.2, -0.15) is 12.6 Å². The number of imidazole rings is 2. The Bertz CT molecular complexity index is 950. The number of aliphatic carboxylic acids is 1. The van der Waals surface area contributed by atoms with Crippen LogP contribution in [-0.2, 0) is 32.0 Å². The minimum atomic E-state index is -1.26. The van der Waals surface area contributed by atoms with Crippen LogP contribution in [0.3, 0.4) is 0 Å². The third kappa shape index (κ3) is 7.88. The number of nitrogens with zero attached hydrogens (tertiary/aromatic N) is 2. The molecule has 2 aromatic heterocycles. The second kappa shape index (κ2) is 12.7. The first-order chi connectivity index (χ1) is 16.1. The molecule has 0 aliphatic heterocycles. The number of carbonyl (C=O) groups excluding carboxylic acids is 3. The normalized spacial score (nSPS) is 14.6. The number of nitrogens with one attached hydrogen (secondary N) is 5. The number of aromatic nitrogens is 4. The summed E-state index contributed by atoms with van der Waals surface area (Å²) >= 11 is 3.94. The zero-order chi connectivity index (χ0) is 25.3. The molecule has 8 N–H and O–H groups in total. The van der Waals surface area contributed by atoms with Crippen LogP contribution in [-0.4, -0.2) is 78.7 Å². The lowest BCUT2D eigenvalue weighted by molar-refractivity contribution is -0.141. The molecular weight excluding hydrogens is 464 g/mol. The molecule has 0 spiro atoms. The summed E-state index contributed by atoms with van der Waals surface area (Å²) in [4.78, 5) is 63.4. The Morgan fingerprint density at radius 1 is 0.912 bits per heavy atom. The minimum absolute atomic E-state index is 0.00666. The van der Waals surface area contributed by atoms with Gasteiger partial charge in [-0.3, -0.25) is 14.4 Å². The number of carboxylic acids is 1. The first kappa shape index (κ1) is 26.9. The number of H-pyrrole nitrogens is 2. The van der Waals surface area contributed by atoms with Crippen molar-refractivity contribution in [2.75, 3.05) is 5.75 Å². The zero-order valence-corrected chi connectivity index (χ0v) is 19.7. The second-order valence-electron chi connectivity index (χ2n) is 8.04. The maximum absolute atomic E-state index is 13.2. The van der Waals surface area contributed by atoms with Gasteiger partial charge in [0.25, 0.3) is 0 Å². The van der Waals surface area contributed by atoms with Gasteiger partial charge in [-0.05, 0) is 5.92 Å². The Labute approximate surface area is 201 Å². The predicted molar refractivity (Wildman–Crippen MR) is 125 cm³/mol. The molecule has 186 valence electrons. The number of hydrogen-bond donors (Lipinski definition) is 8. The van der Waals surface area contributed by atoms with E-state index in [2.05, 4.69) is 48.5 Å². The Hall–Kier alpha value is -3.39. The molecule has 0 aliphatic carbocycles. The van der Waals surface area contributed by atoms with Gasteiger partial charge in [-0.15, -0.1) is 0 Å². The number of carbonyl (C=O) groups is 4. The summed E-state index contributed by atoms with van der Waals surface area (Å²) in [5.74, 6) is -3.47. The Balaban J connectivity index is 2.22. The van der Waals surface area contributed by atoms with E-state index >= 15 is 0 Å². The van der Waals surface area contributed by atoms with Crippen molar-refractivity contribution in [2.24, 2.45) is 11.7 Å². The molecule has 4 atom stereocenters. The molecule has 2 heterocycles. The van der Waals surface area contributed by atoms with Crippen LogP contribution in [0.2, 0.25) is 0 Å². The van der Waals surface area contributed by atoms with E-state index in [1.807, 2.05) is 0 Å². The summed E-state index contributed by atoms with van der Waals surface area (Å²) in [6.45, 7) is 3.55. The molecule has 0 fully saturated rings. The van der Waals surface area contributed by atoms with Crippen LogP contribution in [0.15, 0.2) is 25.0 Å². The lowest BCUT2D eigenvalue weighted by Gasteiger charge is -2.25. The fourth-order valence-corrected chi connectivity index (χ4v) is 3.20. The van der Waals surface area contributed by atoms with Gasteiger partial charge in [0.1, 0.15) is 18.1 Å². The first-order valence-corrected chi connectivity index (χ1v) is 11.2. The third-order valence-electron chi connectivity index (χ3n) is 5.04. The van der Waals surface area contributed by atoms with Crippen LogP contribution in [0.1, 0.15) is 25.2 Å². The standard InChI is InChI=1S/C20H30N8O5S/c1-10(2)16(21)19(31)27-14(4-12-6-23-9-25-12)17(29)26-13(3-11-5-22-8-24-11)18(30)28-15(7-34)20(32)33/h5-6,8-10,13-16,34H,3-4,7,21H2,1-2H3,(H,22,24)(H,23,25)(H,26,29)(H,27,31)(H,28,30)(H,32,33). The molecule has 0 aliphatic rings. The largest absolute Gasteiger partial charge is 0.480 e. The smallest absolute Gasteiger partial charge is 0.327 e. The van der Waals surface area contributed by atoms with Gasteiger partial charge in [-0.25, -0.2) is 14.8 Å². The SMILES string of the molecule is CC(C)C(N)C(=O)NC(Cc1cnc[nH]1)C(=O)NC(Cc1cnc[nH]1)C(=O)NC(CS)C(=O)O. The highest BCUT2D eigenvalue weighted by molar-refractivity contribution is 7.80. The van der Waals surface area contributed by atoms with Crippen LogP contribution in [0.25, 0.3) is 0 Å². The van der Waals surface area contributed by atoms with Gasteiger partial charge in [0.05, 0.1) is 18.7 Å². The Morgan fingerprint density at radius 3 is 1.71 bits per heavy atom. The summed E-state index contributed by atoms with van der Waals surface area (Å²) in [5.41, 5.74) is 7.03. The maximum Gasteiger partial charge on any atom is 0.327 e. The molecule has 4 unspecified atom stereocenters. The maximum atomic E-state index is 13.2. The van der Waals surface area contributed by atoms with Gasteiger partial charge < -0.3 is 36.8 Å². The Morgan fingerprint density at radius 2 is 1.35 bits per heavy atom. The number of amides is 3. The molecule has 2 aromatic rings. The number of rotatable bonds is 13. The summed E-state index contributed by atoms with van der Waals surface area (Å²) in [6, 6.07) is -4.32. The van der Waals surface area contributed by atoms with E-state index in [1.54, 1.807) is 13.8 Å². The minimum Gasteiger partial charge on any atom is -0.480 e. The summed E-state index contributed by atoms with van der Waals surface area (Å²) in [6.07, 6.45) is 5.90. The molecule has 13 nitrogen and oxygen atoms in total. The molecule has 0 bridgehead atoms. The van der Waals surface area contributed by atoms with Crippen molar-refractivity contribution in [3.05, 3.63) is 36.4 Å². The van der Waals surface area contributed by atoms with Gasteiger partial charge in [0, 0.05) is 42.4 Å². The molecule has 34 heavy (non-hydrogen) atoms. The van der Waals surface area contributed by atoms with Crippen molar-refractivity contribution >= 4 is 36.3 Å². The van der Waals surface area contributed by atoms with Crippen LogP contribution in [0.5, 0.6) is 0 Å². The fourth-order valence-electron chi connectivity index (χ4n) is 2.95. The van der Waals surface area contributed by atoms with E-state index in [-0.39, 0.29) is 24.5 Å². The van der Waals surface area contributed by atoms with Crippen LogP contribution in [0, 0.1) is 5.92 Å². The summed E-state index contributed by atoms with van der Waals surface area (Å²) in [7, 11) is 0. The highest BCUT2D eigenvalue weighted by Crippen LogP contribution is 2.06. The summed E-state index contributed by atoms with van der Waals surface area (Å²) in [5, 5.41) is 16.8. The average molecular weight is 495 g/mol. The topological polar surface area (TPSA) is 208 Å². The monoisotopic (exact) mass is 494 g/mol. The molecular formula is C20H30N8O5S. The van der Waals surface area contributed by atoms with E-state index in [9.17, 15) is 24.3 Å². The molecule has 0 radical (unpaired) electrons. The highest BCUT2D eigenvalue weighted by atomic mass is 32.1. The molecule has 14 heteroatoms. The van der Waals surface area contributed by atoms with Crippen molar-refractivity contribution < 1.29 is 24.3 Å². The van der Waals surface area contributed by atoms with Gasteiger partial charge >= 0.3 is 5.97 Å². The van der Waals surface area contributed by atoms with E-state index < -0.39 is 47.9 Å². The van der Waals surface area contributed by atoms with Gasteiger partial charge in [0.2, 0.25) is 17.7 Å². The van der Waals surface area contributed by atoms with Gasteiger partial charge in [-0.1, -0.05) is 13.8 Å². The summed E-state index contributed by atoms with van der Waals surface area (Å²) < 4.78 is 0. The number of carboxylic acid groups (broad SMARTS) is 1. The van der Waals surface area contributed by atoms with Crippen molar-refractivity contribution in [1.29, 1.82) is 0 Å².